The maximum absolute atomic E-state index is 10.5. The Bertz CT molecular complexity index is 204. The molecule has 0 aromatic heterocycles. The van der Waals surface area contributed by atoms with E-state index in [1.165, 1.54) is 5.57 Å². The van der Waals surface area contributed by atoms with E-state index in [-0.39, 0.29) is 5.92 Å². The first kappa shape index (κ1) is 8.21. The second-order valence-electron chi connectivity index (χ2n) is 3.03. The molecule has 1 aliphatic rings. The number of nitrogens with zero attached hydrogens (tertiary/aromatic N) is 1. The molecule has 0 aromatic rings. The SMILES string of the molecule is CN(C)CC1=CC=CC1C=O. The lowest BCUT2D eigenvalue weighted by Crippen LogP contribution is -2.18. The maximum Gasteiger partial charge on any atom is 0.130 e. The highest BCUT2D eigenvalue weighted by molar-refractivity contribution is 5.64. The third-order valence-electron chi connectivity index (χ3n) is 1.70. The maximum atomic E-state index is 10.5. The Balaban J connectivity index is 2.53. The number of allylic oxidation sites excluding steroid dienone is 3. The first-order valence-electron chi connectivity index (χ1n) is 3.71. The van der Waals surface area contributed by atoms with Crippen molar-refractivity contribution in [1.29, 1.82) is 0 Å². The molecule has 0 spiro atoms. The number of carbonyl (C=O) groups is 1. The topological polar surface area (TPSA) is 20.3 Å². The zero-order valence-corrected chi connectivity index (χ0v) is 6.95. The molecule has 1 rings (SSSR count). The van der Waals surface area contributed by atoms with Gasteiger partial charge in [-0.15, -0.1) is 0 Å². The lowest BCUT2D eigenvalue weighted by Gasteiger charge is -2.12. The summed E-state index contributed by atoms with van der Waals surface area (Å²) < 4.78 is 0. The van der Waals surface area contributed by atoms with E-state index in [4.69, 9.17) is 0 Å². The largest absolute Gasteiger partial charge is 0.305 e. The Morgan fingerprint density at radius 3 is 2.91 bits per heavy atom. The minimum atomic E-state index is 0.0254. The van der Waals surface area contributed by atoms with Gasteiger partial charge in [-0.3, -0.25) is 0 Å². The number of carbonyl (C=O) groups excluding carboxylic acids is 1. The molecular formula is C9H13NO. The molecule has 1 aliphatic carbocycles. The zero-order valence-electron chi connectivity index (χ0n) is 6.95. The average Bonchev–Trinajstić information content (AvgIpc) is 2.34. The fraction of sp³-hybridized carbons (Fsp3) is 0.444. The number of hydrogen-bond acceptors (Lipinski definition) is 2. The summed E-state index contributed by atoms with van der Waals surface area (Å²) in [5.74, 6) is 0.0254. The minimum absolute atomic E-state index is 0.0254. The quantitative estimate of drug-likeness (QED) is 0.557. The van der Waals surface area contributed by atoms with Crippen molar-refractivity contribution < 1.29 is 4.79 Å². The predicted octanol–water partition coefficient (Wildman–Crippen LogP) is 0.859. The van der Waals surface area contributed by atoms with Crippen LogP contribution >= 0.6 is 0 Å². The van der Waals surface area contributed by atoms with Gasteiger partial charge in [0.05, 0.1) is 5.92 Å². The van der Waals surface area contributed by atoms with E-state index in [1.807, 2.05) is 32.3 Å². The van der Waals surface area contributed by atoms with Crippen LogP contribution in [-0.2, 0) is 4.79 Å². The van der Waals surface area contributed by atoms with Crippen LogP contribution in [0.2, 0.25) is 0 Å². The van der Waals surface area contributed by atoms with Gasteiger partial charge in [-0.25, -0.2) is 0 Å². The van der Waals surface area contributed by atoms with Crippen molar-refractivity contribution in [2.45, 2.75) is 0 Å². The zero-order chi connectivity index (χ0) is 8.27. The highest BCUT2D eigenvalue weighted by Gasteiger charge is 2.13. The van der Waals surface area contributed by atoms with Crippen molar-refractivity contribution >= 4 is 6.29 Å². The van der Waals surface area contributed by atoms with E-state index < -0.39 is 0 Å². The normalized spacial score (nSPS) is 22.5. The van der Waals surface area contributed by atoms with Gasteiger partial charge < -0.3 is 9.69 Å². The molecule has 0 amide bonds. The molecule has 11 heavy (non-hydrogen) atoms. The smallest absolute Gasteiger partial charge is 0.130 e. The van der Waals surface area contributed by atoms with Gasteiger partial charge in [0, 0.05) is 6.54 Å². The van der Waals surface area contributed by atoms with Gasteiger partial charge >= 0.3 is 0 Å². The first-order valence-corrected chi connectivity index (χ1v) is 3.71. The molecule has 1 atom stereocenters. The van der Waals surface area contributed by atoms with E-state index in [1.54, 1.807) is 0 Å². The Kier molecular flexibility index (Phi) is 2.60. The van der Waals surface area contributed by atoms with Crippen LogP contribution in [0.1, 0.15) is 0 Å². The fourth-order valence-corrected chi connectivity index (χ4v) is 1.19. The van der Waals surface area contributed by atoms with E-state index in [9.17, 15) is 4.79 Å². The summed E-state index contributed by atoms with van der Waals surface area (Å²) >= 11 is 0. The number of aldehydes is 1. The van der Waals surface area contributed by atoms with E-state index in [0.717, 1.165) is 12.8 Å². The molecular weight excluding hydrogens is 138 g/mol. The lowest BCUT2D eigenvalue weighted by molar-refractivity contribution is -0.109. The molecule has 0 radical (unpaired) electrons. The first-order chi connectivity index (χ1) is 5.24. The van der Waals surface area contributed by atoms with E-state index >= 15 is 0 Å². The third kappa shape index (κ3) is 2.02. The molecule has 0 bridgehead atoms. The molecule has 1 unspecified atom stereocenters. The second-order valence-corrected chi connectivity index (χ2v) is 3.03. The van der Waals surface area contributed by atoms with Crippen LogP contribution in [0.15, 0.2) is 23.8 Å². The number of hydrogen-bond donors (Lipinski definition) is 0. The van der Waals surface area contributed by atoms with E-state index in [0.29, 0.717) is 0 Å². The molecule has 0 fully saturated rings. The third-order valence-corrected chi connectivity index (χ3v) is 1.70. The van der Waals surface area contributed by atoms with Gasteiger partial charge in [0.25, 0.3) is 0 Å². The van der Waals surface area contributed by atoms with Crippen LogP contribution in [0.3, 0.4) is 0 Å². The molecule has 60 valence electrons. The molecule has 0 aliphatic heterocycles. The molecule has 0 saturated carbocycles. The molecule has 0 saturated heterocycles. The number of rotatable bonds is 3. The van der Waals surface area contributed by atoms with Crippen molar-refractivity contribution in [3.05, 3.63) is 23.8 Å². The summed E-state index contributed by atoms with van der Waals surface area (Å²) in [7, 11) is 4.00. The van der Waals surface area contributed by atoms with Gasteiger partial charge in [0.1, 0.15) is 6.29 Å². The Morgan fingerprint density at radius 2 is 2.36 bits per heavy atom. The predicted molar refractivity (Wildman–Crippen MR) is 45.3 cm³/mol. The lowest BCUT2D eigenvalue weighted by atomic mass is 10.1. The van der Waals surface area contributed by atoms with E-state index in [2.05, 4.69) is 4.90 Å². The summed E-state index contributed by atoms with van der Waals surface area (Å²) in [6.45, 7) is 0.871. The minimum Gasteiger partial charge on any atom is -0.305 e. The van der Waals surface area contributed by atoms with Gasteiger partial charge in [-0.2, -0.15) is 0 Å². The molecule has 2 heteroatoms. The average molecular weight is 151 g/mol. The van der Waals surface area contributed by atoms with Gasteiger partial charge in [-0.1, -0.05) is 18.2 Å². The second kappa shape index (κ2) is 3.49. The molecule has 0 heterocycles. The fourth-order valence-electron chi connectivity index (χ4n) is 1.19. The monoisotopic (exact) mass is 151 g/mol. The summed E-state index contributed by atoms with van der Waals surface area (Å²) in [5, 5.41) is 0. The number of likely N-dealkylation sites (N-methyl/N-ethyl adjacent to an activating group) is 1. The Labute approximate surface area is 67.2 Å². The van der Waals surface area contributed by atoms with Crippen molar-refractivity contribution in [1.82, 2.24) is 4.90 Å². The summed E-state index contributed by atoms with van der Waals surface area (Å²) in [6, 6.07) is 0. The van der Waals surface area contributed by atoms with Crippen molar-refractivity contribution in [2.24, 2.45) is 5.92 Å². The summed E-state index contributed by atoms with van der Waals surface area (Å²) in [4.78, 5) is 12.6. The van der Waals surface area contributed by atoms with Gasteiger partial charge in [0.2, 0.25) is 0 Å². The van der Waals surface area contributed by atoms with Crippen LogP contribution in [0.4, 0.5) is 0 Å². The van der Waals surface area contributed by atoms with Crippen LogP contribution in [-0.4, -0.2) is 31.8 Å². The molecule has 2 nitrogen and oxygen atoms in total. The van der Waals surface area contributed by atoms with Crippen LogP contribution in [0.5, 0.6) is 0 Å². The summed E-state index contributed by atoms with van der Waals surface area (Å²) in [6.07, 6.45) is 6.86. The van der Waals surface area contributed by atoms with Crippen LogP contribution in [0.25, 0.3) is 0 Å². The molecule has 0 N–H and O–H groups in total. The van der Waals surface area contributed by atoms with Crippen molar-refractivity contribution in [3.63, 3.8) is 0 Å². The van der Waals surface area contributed by atoms with Crippen LogP contribution < -0.4 is 0 Å². The highest BCUT2D eigenvalue weighted by Crippen LogP contribution is 2.17. The Hall–Kier alpha value is -0.890. The van der Waals surface area contributed by atoms with Gasteiger partial charge in [0.15, 0.2) is 0 Å². The van der Waals surface area contributed by atoms with Crippen molar-refractivity contribution in [2.75, 3.05) is 20.6 Å². The standard InChI is InChI=1S/C9H13NO/c1-10(2)6-8-4-3-5-9(8)7-11/h3-5,7,9H,6H2,1-2H3. The highest BCUT2D eigenvalue weighted by atomic mass is 16.1. The van der Waals surface area contributed by atoms with Gasteiger partial charge in [-0.05, 0) is 19.7 Å². The van der Waals surface area contributed by atoms with Crippen molar-refractivity contribution in [3.8, 4) is 0 Å². The van der Waals surface area contributed by atoms with Crippen LogP contribution in [0, 0.1) is 5.92 Å². The Morgan fingerprint density at radius 1 is 1.64 bits per heavy atom. The molecule has 0 aromatic carbocycles. The summed E-state index contributed by atoms with van der Waals surface area (Å²) in [5.41, 5.74) is 1.19.